The number of carbonyl (C=O) groups excluding carboxylic acids is 1. The van der Waals surface area contributed by atoms with Crippen LogP contribution in [0.25, 0.3) is 6.08 Å². The number of nitrogens with zero attached hydrogens (tertiary/aromatic N) is 3. The molecule has 0 saturated carbocycles. The first kappa shape index (κ1) is 21.1. The highest BCUT2D eigenvalue weighted by Crippen LogP contribution is 2.34. The van der Waals surface area contributed by atoms with Gasteiger partial charge in [0.2, 0.25) is 0 Å². The molecule has 0 atom stereocenters. The Kier molecular flexibility index (Phi) is 6.69. The maximum absolute atomic E-state index is 13.1. The maximum atomic E-state index is 13.1. The van der Waals surface area contributed by atoms with Gasteiger partial charge in [-0.2, -0.15) is 5.10 Å². The Balaban J connectivity index is 1.60. The molecule has 2 heterocycles. The first-order valence-corrected chi connectivity index (χ1v) is 11.0. The molecule has 156 valence electrons. The Morgan fingerprint density at radius 3 is 2.68 bits per heavy atom. The second-order valence-corrected chi connectivity index (χ2v) is 8.46. The Morgan fingerprint density at radius 2 is 1.97 bits per heavy atom. The van der Waals surface area contributed by atoms with E-state index in [-0.39, 0.29) is 12.5 Å². The number of rotatable bonds is 6. The van der Waals surface area contributed by atoms with Gasteiger partial charge in [0.25, 0.3) is 5.91 Å². The summed E-state index contributed by atoms with van der Waals surface area (Å²) in [6.45, 7) is 0.282. The number of hydrogen-bond donors (Lipinski definition) is 0. The molecule has 0 unspecified atom stereocenters. The van der Waals surface area contributed by atoms with Gasteiger partial charge in [-0.05, 0) is 65.4 Å². The molecule has 6 nitrogen and oxygen atoms in total. The van der Waals surface area contributed by atoms with Crippen LogP contribution < -0.4 is 4.74 Å². The number of benzene rings is 2. The quantitative estimate of drug-likeness (QED) is 0.255. The molecule has 1 aromatic heterocycles. The lowest BCUT2D eigenvalue weighted by atomic mass is 10.2. The van der Waals surface area contributed by atoms with Crippen LogP contribution in [0.2, 0.25) is 0 Å². The molecule has 31 heavy (non-hydrogen) atoms. The summed E-state index contributed by atoms with van der Waals surface area (Å²) < 4.78 is 11.6. The zero-order chi connectivity index (χ0) is 21.6. The van der Waals surface area contributed by atoms with Crippen molar-refractivity contribution in [2.24, 2.45) is 10.2 Å². The van der Waals surface area contributed by atoms with Crippen molar-refractivity contribution in [2.45, 2.75) is 6.54 Å². The number of ether oxygens (including phenoxy) is 1. The van der Waals surface area contributed by atoms with E-state index < -0.39 is 0 Å². The molecule has 4 rings (SSSR count). The summed E-state index contributed by atoms with van der Waals surface area (Å²) in [5, 5.41) is 9.00. The smallest absolute Gasteiger partial charge is 0.267 e. The van der Waals surface area contributed by atoms with Gasteiger partial charge in [0, 0.05) is 4.47 Å². The first-order valence-electron chi connectivity index (χ1n) is 9.37. The van der Waals surface area contributed by atoms with E-state index in [9.17, 15) is 4.79 Å². The van der Waals surface area contributed by atoms with Crippen LogP contribution in [-0.2, 0) is 11.3 Å². The zero-order valence-electron chi connectivity index (χ0n) is 16.6. The largest absolute Gasteiger partial charge is 0.497 e. The number of furan rings is 1. The molecule has 1 aliphatic heterocycles. The van der Waals surface area contributed by atoms with Gasteiger partial charge in [-0.1, -0.05) is 40.2 Å². The molecule has 0 bridgehead atoms. The van der Waals surface area contributed by atoms with E-state index in [0.29, 0.717) is 15.8 Å². The van der Waals surface area contributed by atoms with Gasteiger partial charge in [0.1, 0.15) is 11.5 Å². The fourth-order valence-electron chi connectivity index (χ4n) is 2.86. The summed E-state index contributed by atoms with van der Waals surface area (Å²) >= 11 is 4.72. The van der Waals surface area contributed by atoms with Crippen LogP contribution in [0.1, 0.15) is 16.9 Å². The van der Waals surface area contributed by atoms with Gasteiger partial charge in [-0.25, -0.2) is 0 Å². The van der Waals surface area contributed by atoms with Gasteiger partial charge >= 0.3 is 0 Å². The molecule has 3 aromatic rings. The van der Waals surface area contributed by atoms with Gasteiger partial charge in [0.05, 0.1) is 31.0 Å². The van der Waals surface area contributed by atoms with E-state index in [0.717, 1.165) is 21.3 Å². The summed E-state index contributed by atoms with van der Waals surface area (Å²) in [5.41, 5.74) is 1.80. The number of amides is 1. The number of hydrogen-bond acceptors (Lipinski definition) is 6. The van der Waals surface area contributed by atoms with E-state index in [1.54, 1.807) is 30.6 Å². The van der Waals surface area contributed by atoms with Crippen molar-refractivity contribution < 1.29 is 13.9 Å². The van der Waals surface area contributed by atoms with E-state index in [4.69, 9.17) is 9.15 Å². The summed E-state index contributed by atoms with van der Waals surface area (Å²) in [7, 11) is 1.62. The van der Waals surface area contributed by atoms with Crippen molar-refractivity contribution in [3.8, 4) is 5.75 Å². The van der Waals surface area contributed by atoms with E-state index in [2.05, 4.69) is 26.1 Å². The lowest BCUT2D eigenvalue weighted by Crippen LogP contribution is -2.28. The van der Waals surface area contributed by atoms with Gasteiger partial charge in [-0.3, -0.25) is 9.69 Å². The van der Waals surface area contributed by atoms with E-state index in [1.165, 1.54) is 11.8 Å². The molecular formula is C23H18BrN3O3S. The van der Waals surface area contributed by atoms with Gasteiger partial charge < -0.3 is 9.15 Å². The number of amidine groups is 1. The Morgan fingerprint density at radius 1 is 1.13 bits per heavy atom. The molecule has 1 saturated heterocycles. The molecule has 1 fully saturated rings. The van der Waals surface area contributed by atoms with Crippen LogP contribution in [0.5, 0.6) is 5.75 Å². The van der Waals surface area contributed by atoms with Crippen molar-refractivity contribution in [3.05, 3.63) is 93.2 Å². The Bertz CT molecular complexity index is 1160. The number of thioether (sulfide) groups is 1. The van der Waals surface area contributed by atoms with Crippen molar-refractivity contribution in [2.75, 3.05) is 7.11 Å². The molecule has 1 aliphatic rings. The Hall–Kier alpha value is -3.10. The highest BCUT2D eigenvalue weighted by atomic mass is 79.9. The van der Waals surface area contributed by atoms with Crippen LogP contribution in [0.4, 0.5) is 0 Å². The van der Waals surface area contributed by atoms with Crippen LogP contribution >= 0.6 is 27.7 Å². The summed E-state index contributed by atoms with van der Waals surface area (Å²) in [5.74, 6) is 1.29. The molecular weight excluding hydrogens is 478 g/mol. The minimum absolute atomic E-state index is 0.145. The third kappa shape index (κ3) is 5.34. The summed E-state index contributed by atoms with van der Waals surface area (Å²) in [6, 6.07) is 18.9. The molecule has 0 spiro atoms. The topological polar surface area (TPSA) is 67.4 Å². The van der Waals surface area contributed by atoms with Gasteiger partial charge in [0.15, 0.2) is 5.17 Å². The van der Waals surface area contributed by atoms with Crippen LogP contribution in [0.15, 0.2) is 90.9 Å². The van der Waals surface area contributed by atoms with Crippen molar-refractivity contribution >= 4 is 51.1 Å². The first-order chi connectivity index (χ1) is 15.1. The van der Waals surface area contributed by atoms with E-state index >= 15 is 0 Å². The van der Waals surface area contributed by atoms with Crippen LogP contribution in [-0.4, -0.2) is 29.3 Å². The standard InChI is InChI=1S/C23H18BrN3O3S/c1-29-19-9-7-16(8-10-19)13-21-22(28)27(15-20-6-3-11-30-20)23(31-21)26-25-14-17-4-2-5-18(24)12-17/h2-14H,15H2,1H3/b21-13-,25-14-,26-23+. The Labute approximate surface area is 192 Å². The van der Waals surface area contributed by atoms with Crippen LogP contribution in [0.3, 0.4) is 0 Å². The fourth-order valence-corrected chi connectivity index (χ4v) is 4.22. The lowest BCUT2D eigenvalue weighted by Gasteiger charge is -2.12. The third-order valence-electron chi connectivity index (χ3n) is 4.39. The average molecular weight is 496 g/mol. The predicted molar refractivity (Wildman–Crippen MR) is 127 cm³/mol. The number of halogens is 1. The molecule has 1 amide bonds. The van der Waals surface area contributed by atoms with Crippen molar-refractivity contribution in [3.63, 3.8) is 0 Å². The average Bonchev–Trinajstić information content (AvgIpc) is 3.39. The summed E-state index contributed by atoms with van der Waals surface area (Å²) in [4.78, 5) is 15.2. The summed E-state index contributed by atoms with van der Waals surface area (Å²) in [6.07, 6.45) is 5.07. The van der Waals surface area contributed by atoms with Crippen molar-refractivity contribution in [1.29, 1.82) is 0 Å². The monoisotopic (exact) mass is 495 g/mol. The SMILES string of the molecule is COc1ccc(/C=C2\S/C(=N/N=C\c3cccc(Br)c3)N(Cc3ccco3)C2=O)cc1. The number of carbonyl (C=O) groups is 1. The highest BCUT2D eigenvalue weighted by molar-refractivity contribution is 9.10. The lowest BCUT2D eigenvalue weighted by molar-refractivity contribution is -0.122. The molecule has 8 heteroatoms. The fraction of sp³-hybridized carbons (Fsp3) is 0.0870. The van der Waals surface area contributed by atoms with E-state index in [1.807, 2.05) is 60.7 Å². The number of methoxy groups -OCH3 is 1. The molecule has 0 N–H and O–H groups in total. The predicted octanol–water partition coefficient (Wildman–Crippen LogP) is 5.56. The second kappa shape index (κ2) is 9.80. The molecule has 0 radical (unpaired) electrons. The minimum Gasteiger partial charge on any atom is -0.497 e. The third-order valence-corrected chi connectivity index (χ3v) is 5.88. The molecule has 2 aromatic carbocycles. The zero-order valence-corrected chi connectivity index (χ0v) is 19.0. The highest BCUT2D eigenvalue weighted by Gasteiger charge is 2.34. The van der Waals surface area contributed by atoms with Crippen molar-refractivity contribution in [1.82, 2.24) is 4.90 Å². The minimum atomic E-state index is -0.145. The normalized spacial score (nSPS) is 16.7. The molecule has 0 aliphatic carbocycles. The second-order valence-electron chi connectivity index (χ2n) is 6.54. The van der Waals surface area contributed by atoms with Crippen LogP contribution in [0, 0.1) is 0 Å². The van der Waals surface area contributed by atoms with Gasteiger partial charge in [-0.15, -0.1) is 5.10 Å². The maximum Gasteiger partial charge on any atom is 0.267 e.